The molecule has 0 saturated heterocycles. The fourth-order valence-corrected chi connectivity index (χ4v) is 7.53. The van der Waals surface area contributed by atoms with E-state index in [1.54, 1.807) is 24.1 Å². The first-order chi connectivity index (χ1) is 27.3. The number of hydrogen-bond donors (Lipinski definition) is 1. The molecule has 5 aromatic carbocycles. The Kier molecular flexibility index (Phi) is 11.4. The molecule has 1 N–H and O–H groups in total. The molecule has 0 bridgehead atoms. The van der Waals surface area contributed by atoms with Crippen LogP contribution < -0.4 is 38.6 Å². The molecular formula is C45H43ClN2O8. The fraction of sp³-hybridized carbons (Fsp3) is 0.244. The molecule has 0 saturated carbocycles. The minimum atomic E-state index is -0.874. The van der Waals surface area contributed by atoms with Crippen LogP contribution in [0.15, 0.2) is 114 Å². The van der Waals surface area contributed by atoms with E-state index in [1.807, 2.05) is 97.9 Å². The van der Waals surface area contributed by atoms with Gasteiger partial charge in [-0.3, -0.25) is 14.5 Å². The Morgan fingerprint density at radius 2 is 1.45 bits per heavy atom. The number of allylic oxidation sites excluding steroid dienone is 1. The molecule has 7 rings (SSSR count). The molecule has 2 aliphatic rings. The number of fused-ring (bicyclic) bond motifs is 1. The lowest BCUT2D eigenvalue weighted by Crippen LogP contribution is -2.38. The van der Waals surface area contributed by atoms with Gasteiger partial charge in [-0.05, 0) is 96.6 Å². The Balaban J connectivity index is 1.40. The molecule has 0 spiro atoms. The second-order valence-electron chi connectivity index (χ2n) is 13.4. The number of nitrogens with one attached hydrogen (secondary N) is 1. The van der Waals surface area contributed by atoms with Crippen molar-refractivity contribution in [2.45, 2.75) is 38.3 Å². The SMILES string of the molecule is CCOc1cc(C2C3=C(CC(c4ccc(OC)cc4)CC3=O)Nc3ccccc3N2C(=O)c2cc(OC)c(OC)c(OC)c2)ccc1OCc1ccc(Cl)cc1. The number of hydrogen-bond acceptors (Lipinski definition) is 9. The van der Waals surface area contributed by atoms with Gasteiger partial charge < -0.3 is 33.7 Å². The standard InChI is InChI=1S/C45H43ClN2O8/c1-6-55-39-23-29(15-20-38(39)56-26-27-11-16-32(46)17-12-27)43-42-35(21-30(22-37(42)49)28-13-18-33(51-2)19-14-28)47-34-9-7-8-10-36(34)48(43)45(50)31-24-40(52-3)44(54-5)41(25-31)53-4/h7-20,23-25,30,43,47H,6,21-22,26H2,1-5H3. The zero-order chi connectivity index (χ0) is 39.3. The van der Waals surface area contributed by atoms with Crippen molar-refractivity contribution in [3.05, 3.63) is 142 Å². The van der Waals surface area contributed by atoms with Gasteiger partial charge in [-0.2, -0.15) is 0 Å². The lowest BCUT2D eigenvalue weighted by Gasteiger charge is -2.35. The van der Waals surface area contributed by atoms with Crippen LogP contribution >= 0.6 is 11.6 Å². The number of amides is 1. The molecule has 1 amide bonds. The van der Waals surface area contributed by atoms with Crippen molar-refractivity contribution in [1.82, 2.24) is 0 Å². The van der Waals surface area contributed by atoms with Crippen molar-refractivity contribution in [2.75, 3.05) is 45.3 Å². The molecule has 10 nitrogen and oxygen atoms in total. The highest BCUT2D eigenvalue weighted by Gasteiger charge is 2.42. The summed E-state index contributed by atoms with van der Waals surface area (Å²) in [6.07, 6.45) is 0.775. The maximum absolute atomic E-state index is 15.3. The largest absolute Gasteiger partial charge is 0.497 e. The van der Waals surface area contributed by atoms with E-state index in [1.165, 1.54) is 21.3 Å². The molecule has 56 heavy (non-hydrogen) atoms. The van der Waals surface area contributed by atoms with Gasteiger partial charge in [-0.25, -0.2) is 0 Å². The van der Waals surface area contributed by atoms with Gasteiger partial charge in [-0.1, -0.05) is 54.1 Å². The zero-order valence-electron chi connectivity index (χ0n) is 31.9. The number of ether oxygens (including phenoxy) is 6. The summed E-state index contributed by atoms with van der Waals surface area (Å²) in [7, 11) is 6.14. The first-order valence-corrected chi connectivity index (χ1v) is 18.7. The molecule has 288 valence electrons. The average Bonchev–Trinajstić information content (AvgIpc) is 3.38. The van der Waals surface area contributed by atoms with Gasteiger partial charge in [0.2, 0.25) is 5.75 Å². The molecule has 11 heteroatoms. The first-order valence-electron chi connectivity index (χ1n) is 18.3. The van der Waals surface area contributed by atoms with Crippen molar-refractivity contribution in [3.8, 4) is 34.5 Å². The van der Waals surface area contributed by atoms with Crippen LogP contribution in [0.3, 0.4) is 0 Å². The van der Waals surface area contributed by atoms with E-state index < -0.39 is 6.04 Å². The van der Waals surface area contributed by atoms with Crippen LogP contribution in [0.1, 0.15) is 58.8 Å². The highest BCUT2D eigenvalue weighted by molar-refractivity contribution is 6.30. The number of carbonyl (C=O) groups excluding carboxylic acids is 2. The number of Topliss-reactive ketones (excluding diaryl/α,β-unsaturated/α-hetero) is 1. The normalized spacial score (nSPS) is 16.2. The number of ketones is 1. The quantitative estimate of drug-likeness (QED) is 0.133. The number of methoxy groups -OCH3 is 4. The van der Waals surface area contributed by atoms with E-state index in [9.17, 15) is 4.79 Å². The van der Waals surface area contributed by atoms with Gasteiger partial charge in [0.1, 0.15) is 12.4 Å². The van der Waals surface area contributed by atoms with Crippen molar-refractivity contribution in [1.29, 1.82) is 0 Å². The molecule has 2 unspecified atom stereocenters. The highest BCUT2D eigenvalue weighted by atomic mass is 35.5. The Bertz CT molecular complexity index is 2250. The van der Waals surface area contributed by atoms with E-state index in [2.05, 4.69) is 5.32 Å². The van der Waals surface area contributed by atoms with Crippen molar-refractivity contribution < 1.29 is 38.0 Å². The second-order valence-corrected chi connectivity index (χ2v) is 13.8. The van der Waals surface area contributed by atoms with Crippen LogP contribution in [0.2, 0.25) is 5.02 Å². The lowest BCUT2D eigenvalue weighted by atomic mass is 9.78. The summed E-state index contributed by atoms with van der Waals surface area (Å²) in [5.41, 5.74) is 5.38. The predicted molar refractivity (Wildman–Crippen MR) is 216 cm³/mol. The summed E-state index contributed by atoms with van der Waals surface area (Å²) in [5, 5.41) is 4.25. The van der Waals surface area contributed by atoms with E-state index in [0.29, 0.717) is 69.3 Å². The summed E-state index contributed by atoms with van der Waals surface area (Å²) in [4.78, 5) is 31.7. The van der Waals surface area contributed by atoms with Crippen molar-refractivity contribution >= 4 is 34.7 Å². The van der Waals surface area contributed by atoms with Crippen LogP contribution in [0.5, 0.6) is 34.5 Å². The minimum Gasteiger partial charge on any atom is -0.497 e. The van der Waals surface area contributed by atoms with E-state index in [0.717, 1.165) is 22.6 Å². The third-order valence-corrected chi connectivity index (χ3v) is 10.3. The fourth-order valence-electron chi connectivity index (χ4n) is 7.41. The third-order valence-electron chi connectivity index (χ3n) is 10.1. The zero-order valence-corrected chi connectivity index (χ0v) is 32.6. The lowest BCUT2D eigenvalue weighted by molar-refractivity contribution is -0.116. The van der Waals surface area contributed by atoms with E-state index >= 15 is 4.79 Å². The van der Waals surface area contributed by atoms with Crippen molar-refractivity contribution in [2.24, 2.45) is 0 Å². The predicted octanol–water partition coefficient (Wildman–Crippen LogP) is 9.57. The number of rotatable bonds is 12. The highest BCUT2D eigenvalue weighted by Crippen LogP contribution is 2.50. The molecule has 0 aromatic heterocycles. The number of benzene rings is 5. The van der Waals surface area contributed by atoms with Gasteiger partial charge >= 0.3 is 0 Å². The molecule has 1 aliphatic carbocycles. The van der Waals surface area contributed by atoms with Crippen LogP contribution in [0, 0.1) is 0 Å². The number of halogens is 1. The summed E-state index contributed by atoms with van der Waals surface area (Å²) in [6.45, 7) is 2.54. The number of para-hydroxylation sites is 2. The summed E-state index contributed by atoms with van der Waals surface area (Å²) < 4.78 is 34.7. The van der Waals surface area contributed by atoms with Gasteiger partial charge in [-0.15, -0.1) is 0 Å². The summed E-state index contributed by atoms with van der Waals surface area (Å²) >= 11 is 6.11. The van der Waals surface area contributed by atoms with Crippen molar-refractivity contribution in [3.63, 3.8) is 0 Å². The molecule has 5 aromatic rings. The Labute approximate surface area is 331 Å². The van der Waals surface area contributed by atoms with Crippen LogP contribution in [-0.4, -0.2) is 46.7 Å². The summed E-state index contributed by atoms with van der Waals surface area (Å²) in [5.74, 6) is 2.17. The Morgan fingerprint density at radius 3 is 2.11 bits per heavy atom. The average molecular weight is 775 g/mol. The Hall–Kier alpha value is -6.13. The molecule has 1 heterocycles. The molecule has 2 atom stereocenters. The topological polar surface area (TPSA) is 105 Å². The van der Waals surface area contributed by atoms with E-state index in [-0.39, 0.29) is 36.2 Å². The molecular weight excluding hydrogens is 732 g/mol. The summed E-state index contributed by atoms with van der Waals surface area (Å²) in [6, 6.07) is 30.8. The van der Waals surface area contributed by atoms with E-state index in [4.69, 9.17) is 40.0 Å². The first kappa shape index (κ1) is 38.2. The number of carbonyl (C=O) groups is 2. The minimum absolute atomic E-state index is 0.0823. The second kappa shape index (κ2) is 16.7. The van der Waals surface area contributed by atoms with Gasteiger partial charge in [0.25, 0.3) is 5.91 Å². The van der Waals surface area contributed by atoms with Gasteiger partial charge in [0.15, 0.2) is 28.8 Å². The molecule has 0 radical (unpaired) electrons. The third kappa shape index (κ3) is 7.57. The number of anilines is 2. The maximum atomic E-state index is 15.3. The molecule has 1 aliphatic heterocycles. The van der Waals surface area contributed by atoms with Gasteiger partial charge in [0.05, 0.1) is 52.5 Å². The van der Waals surface area contributed by atoms with Crippen LogP contribution in [0.25, 0.3) is 0 Å². The molecule has 0 fully saturated rings. The van der Waals surface area contributed by atoms with Crippen LogP contribution in [-0.2, 0) is 11.4 Å². The smallest absolute Gasteiger partial charge is 0.259 e. The van der Waals surface area contributed by atoms with Crippen LogP contribution in [0.4, 0.5) is 11.4 Å². The van der Waals surface area contributed by atoms with Gasteiger partial charge in [0, 0.05) is 28.3 Å². The monoisotopic (exact) mass is 774 g/mol. The number of nitrogens with zero attached hydrogens (tertiary/aromatic N) is 1. The Morgan fingerprint density at radius 1 is 0.750 bits per heavy atom. The maximum Gasteiger partial charge on any atom is 0.259 e.